The SMILES string of the molecule is c1ccc(-c2cccc(-c3cccc(-c4ccc(-c5nc(-c6ccc(-c7cccc(-c8cccc(-c9ccccc9)c8)c7)cc6)nc(-c6cccc(-n7c8ccccc8c8ccccc87)c6)n5)cc4)c3)c2)cc1. The number of benzene rings is 11. The van der Waals surface area contributed by atoms with Crippen molar-refractivity contribution in [2.24, 2.45) is 0 Å². The molecule has 0 fully saturated rings. The summed E-state index contributed by atoms with van der Waals surface area (Å²) in [5.41, 5.74) is 20.1. The Morgan fingerprint density at radius 3 is 0.863 bits per heavy atom. The highest BCUT2D eigenvalue weighted by Crippen LogP contribution is 2.36. The molecule has 0 saturated carbocycles. The highest BCUT2D eigenvalue weighted by Gasteiger charge is 2.17. The van der Waals surface area contributed by atoms with Crippen LogP contribution in [0.3, 0.4) is 0 Å². The lowest BCUT2D eigenvalue weighted by atomic mass is 9.96. The molecule has 4 nitrogen and oxygen atoms in total. The van der Waals surface area contributed by atoms with Gasteiger partial charge in [0.25, 0.3) is 0 Å². The molecule has 2 heterocycles. The van der Waals surface area contributed by atoms with Crippen LogP contribution in [-0.4, -0.2) is 19.5 Å². The van der Waals surface area contributed by atoms with Gasteiger partial charge in [-0.25, -0.2) is 15.0 Å². The zero-order valence-electron chi connectivity index (χ0n) is 39.8. The second-order valence-corrected chi connectivity index (χ2v) is 18.4. The molecule has 11 aromatic carbocycles. The quantitative estimate of drug-likeness (QED) is 0.137. The molecule has 0 N–H and O–H groups in total. The summed E-state index contributed by atoms with van der Waals surface area (Å²) in [5, 5.41) is 2.43. The monoisotopic (exact) mass is 930 g/mol. The van der Waals surface area contributed by atoms with Gasteiger partial charge in [0.15, 0.2) is 17.5 Å². The highest BCUT2D eigenvalue weighted by atomic mass is 15.0. The fraction of sp³-hybridized carbons (Fsp3) is 0. The van der Waals surface area contributed by atoms with E-state index in [-0.39, 0.29) is 0 Å². The molecule has 0 atom stereocenters. The van der Waals surface area contributed by atoms with Gasteiger partial charge in [0, 0.05) is 33.2 Å². The van der Waals surface area contributed by atoms with Crippen LogP contribution < -0.4 is 0 Å². The fourth-order valence-electron chi connectivity index (χ4n) is 10.1. The molecule has 0 aliphatic carbocycles. The van der Waals surface area contributed by atoms with Crippen LogP contribution in [0, 0.1) is 0 Å². The van der Waals surface area contributed by atoms with Gasteiger partial charge in [-0.05, 0) is 115 Å². The zero-order valence-corrected chi connectivity index (χ0v) is 39.8. The van der Waals surface area contributed by atoms with Crippen molar-refractivity contribution < 1.29 is 0 Å². The van der Waals surface area contributed by atoms with Crippen molar-refractivity contribution in [3.8, 4) is 107 Å². The summed E-state index contributed by atoms with van der Waals surface area (Å²) >= 11 is 0. The lowest BCUT2D eigenvalue weighted by Crippen LogP contribution is -2.01. The van der Waals surface area contributed by atoms with Crippen LogP contribution in [-0.2, 0) is 0 Å². The summed E-state index contributed by atoms with van der Waals surface area (Å²) in [7, 11) is 0. The molecule has 0 bridgehead atoms. The van der Waals surface area contributed by atoms with Crippen LogP contribution in [0.5, 0.6) is 0 Å². The van der Waals surface area contributed by atoms with Crippen molar-refractivity contribution >= 4 is 21.8 Å². The van der Waals surface area contributed by atoms with E-state index in [2.05, 4.69) is 284 Å². The van der Waals surface area contributed by atoms with E-state index in [1.54, 1.807) is 0 Å². The minimum absolute atomic E-state index is 0.603. The second kappa shape index (κ2) is 18.9. The van der Waals surface area contributed by atoms with E-state index in [0.717, 1.165) is 55.7 Å². The molecule has 0 radical (unpaired) electrons. The van der Waals surface area contributed by atoms with Crippen LogP contribution in [0.4, 0.5) is 0 Å². The van der Waals surface area contributed by atoms with Crippen molar-refractivity contribution in [1.82, 2.24) is 19.5 Å². The standard InChI is InChI=1S/C69H46N4/c1-3-16-47(17-4-1)53-20-11-24-57(42-53)59-26-13-22-55(44-59)49-34-38-51(39-35-49)67-70-68(72-69(71-67)61-28-15-29-62(46-61)73-65-32-9-7-30-63(65)64-31-8-10-33-66(64)73)52-40-36-50(37-41-52)56-23-14-27-60(45-56)58-25-12-21-54(43-58)48-18-5-2-6-19-48/h1-46H. The number of nitrogens with zero attached hydrogens (tertiary/aromatic N) is 4. The first-order chi connectivity index (χ1) is 36.1. The van der Waals surface area contributed by atoms with E-state index >= 15 is 0 Å². The van der Waals surface area contributed by atoms with Gasteiger partial charge in [0.2, 0.25) is 0 Å². The maximum Gasteiger partial charge on any atom is 0.164 e. The van der Waals surface area contributed by atoms with E-state index in [4.69, 9.17) is 15.0 Å². The van der Waals surface area contributed by atoms with Crippen LogP contribution in [0.15, 0.2) is 279 Å². The van der Waals surface area contributed by atoms with E-state index < -0.39 is 0 Å². The van der Waals surface area contributed by atoms with Gasteiger partial charge < -0.3 is 4.57 Å². The Morgan fingerprint density at radius 1 is 0.192 bits per heavy atom. The molecule has 13 rings (SSSR count). The lowest BCUT2D eigenvalue weighted by molar-refractivity contribution is 1.07. The van der Waals surface area contributed by atoms with Crippen molar-refractivity contribution in [2.75, 3.05) is 0 Å². The Kier molecular flexibility index (Phi) is 11.2. The predicted octanol–water partition coefficient (Wildman–Crippen LogP) is 18.0. The summed E-state index contributed by atoms with van der Waals surface area (Å²) in [4.78, 5) is 15.7. The van der Waals surface area contributed by atoms with Crippen LogP contribution >= 0.6 is 0 Å². The Bertz CT molecular complexity index is 3880. The topological polar surface area (TPSA) is 43.6 Å². The first kappa shape index (κ1) is 43.3. The van der Waals surface area contributed by atoms with Crippen molar-refractivity contribution in [1.29, 1.82) is 0 Å². The van der Waals surface area contributed by atoms with Crippen molar-refractivity contribution in [3.05, 3.63) is 279 Å². The molecular weight excluding hydrogens is 885 g/mol. The van der Waals surface area contributed by atoms with Crippen molar-refractivity contribution in [3.63, 3.8) is 0 Å². The average Bonchev–Trinajstić information content (AvgIpc) is 3.82. The molecule has 342 valence electrons. The summed E-state index contributed by atoms with van der Waals surface area (Å²) in [6.07, 6.45) is 0. The van der Waals surface area contributed by atoms with Gasteiger partial charge >= 0.3 is 0 Å². The molecule has 0 saturated heterocycles. The van der Waals surface area contributed by atoms with Crippen LogP contribution in [0.1, 0.15) is 0 Å². The Labute approximate surface area is 424 Å². The molecule has 0 spiro atoms. The molecule has 0 amide bonds. The Hall–Kier alpha value is -9.77. The largest absolute Gasteiger partial charge is 0.309 e. The molecule has 0 aliphatic heterocycles. The predicted molar refractivity (Wildman–Crippen MR) is 303 cm³/mol. The third-order valence-corrected chi connectivity index (χ3v) is 13.9. The van der Waals surface area contributed by atoms with Crippen molar-refractivity contribution in [2.45, 2.75) is 0 Å². The average molecular weight is 931 g/mol. The number of aromatic nitrogens is 4. The number of fused-ring (bicyclic) bond motifs is 3. The summed E-state index contributed by atoms with van der Waals surface area (Å²) in [5.74, 6) is 1.82. The van der Waals surface area contributed by atoms with E-state index in [0.29, 0.717) is 17.5 Å². The number of hydrogen-bond acceptors (Lipinski definition) is 3. The Morgan fingerprint density at radius 2 is 0.466 bits per heavy atom. The number of para-hydroxylation sites is 2. The molecular formula is C69H46N4. The lowest BCUT2D eigenvalue weighted by Gasteiger charge is -2.12. The number of hydrogen-bond donors (Lipinski definition) is 0. The first-order valence-electron chi connectivity index (χ1n) is 24.7. The maximum absolute atomic E-state index is 5.23. The molecule has 4 heteroatoms. The molecule has 0 unspecified atom stereocenters. The van der Waals surface area contributed by atoms with Gasteiger partial charge in [-0.2, -0.15) is 0 Å². The third-order valence-electron chi connectivity index (χ3n) is 13.9. The van der Waals surface area contributed by atoms with Gasteiger partial charge in [-0.3, -0.25) is 0 Å². The number of rotatable bonds is 10. The van der Waals surface area contributed by atoms with Gasteiger partial charge in [0.1, 0.15) is 0 Å². The Balaban J connectivity index is 0.863. The molecule has 73 heavy (non-hydrogen) atoms. The highest BCUT2D eigenvalue weighted by molar-refractivity contribution is 6.09. The van der Waals surface area contributed by atoms with Crippen LogP contribution in [0.2, 0.25) is 0 Å². The summed E-state index contributed by atoms with van der Waals surface area (Å²) in [6, 6.07) is 99.0. The first-order valence-corrected chi connectivity index (χ1v) is 24.7. The molecule has 2 aromatic heterocycles. The zero-order chi connectivity index (χ0) is 48.5. The van der Waals surface area contributed by atoms with E-state index in [1.165, 1.54) is 55.3 Å². The van der Waals surface area contributed by atoms with Crippen LogP contribution in [0.25, 0.3) is 128 Å². The van der Waals surface area contributed by atoms with E-state index in [1.807, 2.05) is 0 Å². The fourth-order valence-corrected chi connectivity index (χ4v) is 10.1. The maximum atomic E-state index is 5.23. The minimum atomic E-state index is 0.603. The summed E-state index contributed by atoms with van der Waals surface area (Å²) in [6.45, 7) is 0. The normalized spacial score (nSPS) is 11.3. The molecule has 0 aliphatic rings. The minimum Gasteiger partial charge on any atom is -0.309 e. The molecule has 13 aromatic rings. The van der Waals surface area contributed by atoms with Gasteiger partial charge in [-0.1, -0.05) is 231 Å². The van der Waals surface area contributed by atoms with Gasteiger partial charge in [0.05, 0.1) is 11.0 Å². The third kappa shape index (κ3) is 8.58. The second-order valence-electron chi connectivity index (χ2n) is 18.4. The smallest absolute Gasteiger partial charge is 0.164 e. The summed E-state index contributed by atoms with van der Waals surface area (Å²) < 4.78 is 2.33. The van der Waals surface area contributed by atoms with E-state index in [9.17, 15) is 0 Å². The van der Waals surface area contributed by atoms with Gasteiger partial charge in [-0.15, -0.1) is 0 Å².